The molecular weight excluding hydrogens is 268 g/mol. The predicted molar refractivity (Wildman–Crippen MR) is 78.7 cm³/mol. The molecule has 0 radical (unpaired) electrons. The molecule has 2 aromatic rings. The summed E-state index contributed by atoms with van der Waals surface area (Å²) in [6.07, 6.45) is 3.46. The minimum absolute atomic E-state index is 0.100. The number of nitrogens with one attached hydrogen (secondary N) is 2. The van der Waals surface area contributed by atoms with Gasteiger partial charge in [0.1, 0.15) is 0 Å². The number of carboxylic acid groups (broad SMARTS) is 1. The molecule has 3 N–H and O–H groups in total. The summed E-state index contributed by atoms with van der Waals surface area (Å²) in [4.78, 5) is 26.6. The fourth-order valence-electron chi connectivity index (χ4n) is 2.16. The van der Waals surface area contributed by atoms with E-state index in [0.717, 1.165) is 5.56 Å². The van der Waals surface area contributed by atoms with Gasteiger partial charge < -0.3 is 15.4 Å². The van der Waals surface area contributed by atoms with Gasteiger partial charge in [-0.25, -0.2) is 0 Å². The second-order valence-corrected chi connectivity index (χ2v) is 5.18. The van der Waals surface area contributed by atoms with Crippen LogP contribution in [0.3, 0.4) is 0 Å². The Kier molecular flexibility index (Phi) is 4.42. The van der Waals surface area contributed by atoms with Crippen LogP contribution in [0.2, 0.25) is 0 Å². The molecule has 0 fully saturated rings. The number of carbonyl (C=O) groups is 2. The first-order chi connectivity index (χ1) is 10.0. The van der Waals surface area contributed by atoms with Crippen LogP contribution in [0.25, 0.3) is 0 Å². The second kappa shape index (κ2) is 6.26. The summed E-state index contributed by atoms with van der Waals surface area (Å²) < 4.78 is 0. The molecule has 0 saturated heterocycles. The first-order valence-corrected chi connectivity index (χ1v) is 6.69. The summed E-state index contributed by atoms with van der Waals surface area (Å²) in [5.74, 6) is -1.30. The molecule has 1 aromatic heterocycles. The van der Waals surface area contributed by atoms with E-state index in [1.165, 1.54) is 0 Å². The zero-order valence-corrected chi connectivity index (χ0v) is 11.8. The lowest BCUT2D eigenvalue weighted by Gasteiger charge is -2.24. The van der Waals surface area contributed by atoms with Crippen molar-refractivity contribution in [2.24, 2.45) is 0 Å². The van der Waals surface area contributed by atoms with Crippen LogP contribution >= 0.6 is 0 Å². The fourth-order valence-corrected chi connectivity index (χ4v) is 2.16. The van der Waals surface area contributed by atoms with Crippen molar-refractivity contribution in [1.82, 2.24) is 10.3 Å². The number of aromatic nitrogens is 1. The molecule has 1 atom stereocenters. The van der Waals surface area contributed by atoms with Crippen molar-refractivity contribution >= 4 is 11.9 Å². The fraction of sp³-hybridized carbons (Fsp3) is 0.250. The molecule has 5 nitrogen and oxygen atoms in total. The number of benzene rings is 1. The lowest BCUT2D eigenvalue weighted by atomic mass is 9.79. The molecule has 0 bridgehead atoms. The highest BCUT2D eigenvalue weighted by molar-refractivity contribution is 5.89. The Balaban J connectivity index is 2.06. The maximum absolute atomic E-state index is 12.0. The average molecular weight is 286 g/mol. The molecular formula is C16H18N2O3. The number of carboxylic acids is 1. The Hall–Kier alpha value is -2.56. The lowest BCUT2D eigenvalue weighted by molar-refractivity contribution is -0.145. The van der Waals surface area contributed by atoms with Gasteiger partial charge in [-0.3, -0.25) is 9.59 Å². The summed E-state index contributed by atoms with van der Waals surface area (Å²) in [5, 5.41) is 12.2. The van der Waals surface area contributed by atoms with Crippen molar-refractivity contribution in [2.45, 2.75) is 25.3 Å². The van der Waals surface area contributed by atoms with Gasteiger partial charge in [0, 0.05) is 25.4 Å². The topological polar surface area (TPSA) is 82.2 Å². The van der Waals surface area contributed by atoms with Crippen LogP contribution in [0.1, 0.15) is 24.5 Å². The van der Waals surface area contributed by atoms with Gasteiger partial charge in [0.15, 0.2) is 0 Å². The van der Waals surface area contributed by atoms with Crippen molar-refractivity contribution < 1.29 is 14.7 Å². The van der Waals surface area contributed by atoms with Crippen LogP contribution in [0.5, 0.6) is 0 Å². The third-order valence-corrected chi connectivity index (χ3v) is 3.55. The first-order valence-electron chi connectivity index (χ1n) is 6.69. The molecule has 21 heavy (non-hydrogen) atoms. The number of H-pyrrole nitrogens is 1. The Morgan fingerprint density at radius 1 is 1.24 bits per heavy atom. The third kappa shape index (κ3) is 3.51. The number of amides is 1. The predicted octanol–water partition coefficient (Wildman–Crippen LogP) is 2.06. The van der Waals surface area contributed by atoms with Crippen LogP contribution in [0.15, 0.2) is 48.8 Å². The van der Waals surface area contributed by atoms with E-state index in [1.807, 2.05) is 12.1 Å². The normalized spacial score (nSPS) is 13.4. The summed E-state index contributed by atoms with van der Waals surface area (Å²) in [7, 11) is 0. The highest BCUT2D eigenvalue weighted by atomic mass is 16.4. The smallest absolute Gasteiger partial charge is 0.314 e. The number of hydrogen-bond acceptors (Lipinski definition) is 2. The van der Waals surface area contributed by atoms with Crippen molar-refractivity contribution in [1.29, 1.82) is 0 Å². The van der Waals surface area contributed by atoms with Gasteiger partial charge in [0.25, 0.3) is 0 Å². The molecule has 0 saturated carbocycles. The zero-order valence-electron chi connectivity index (χ0n) is 11.8. The molecule has 110 valence electrons. The van der Waals surface area contributed by atoms with Gasteiger partial charge in [0.05, 0.1) is 5.41 Å². The van der Waals surface area contributed by atoms with E-state index in [1.54, 1.807) is 43.6 Å². The largest absolute Gasteiger partial charge is 0.481 e. The van der Waals surface area contributed by atoms with Crippen LogP contribution in [-0.4, -0.2) is 22.0 Å². The third-order valence-electron chi connectivity index (χ3n) is 3.55. The van der Waals surface area contributed by atoms with E-state index in [2.05, 4.69) is 10.3 Å². The van der Waals surface area contributed by atoms with E-state index in [9.17, 15) is 14.7 Å². The van der Waals surface area contributed by atoms with Gasteiger partial charge in [-0.1, -0.05) is 30.3 Å². The van der Waals surface area contributed by atoms with E-state index in [4.69, 9.17) is 0 Å². The van der Waals surface area contributed by atoms with Crippen LogP contribution in [0, 0.1) is 0 Å². The highest BCUT2D eigenvalue weighted by Gasteiger charge is 2.37. The number of aromatic amines is 1. The highest BCUT2D eigenvalue weighted by Crippen LogP contribution is 2.27. The summed E-state index contributed by atoms with van der Waals surface area (Å²) in [6.45, 7) is 1.95. The van der Waals surface area contributed by atoms with Gasteiger partial charge in [-0.2, -0.15) is 0 Å². The maximum atomic E-state index is 12.0. The SMILES string of the molecule is CC(CC(=O)NCc1cc[nH]c1)(C(=O)O)c1ccccc1. The molecule has 1 unspecified atom stereocenters. The van der Waals surface area contributed by atoms with Gasteiger partial charge in [-0.15, -0.1) is 0 Å². The molecule has 0 aliphatic heterocycles. The van der Waals surface area contributed by atoms with Crippen molar-refractivity contribution in [2.75, 3.05) is 0 Å². The monoisotopic (exact) mass is 286 g/mol. The summed E-state index contributed by atoms with van der Waals surface area (Å²) >= 11 is 0. The quantitative estimate of drug-likeness (QED) is 0.760. The van der Waals surface area contributed by atoms with Crippen molar-refractivity contribution in [3.05, 3.63) is 59.9 Å². The maximum Gasteiger partial charge on any atom is 0.314 e. The van der Waals surface area contributed by atoms with Gasteiger partial charge in [0.2, 0.25) is 5.91 Å². The minimum Gasteiger partial charge on any atom is -0.481 e. The summed E-state index contributed by atoms with van der Waals surface area (Å²) in [5.41, 5.74) is 0.332. The Bertz CT molecular complexity index is 608. The molecule has 5 heteroatoms. The standard InChI is InChI=1S/C16H18N2O3/c1-16(15(20)21,13-5-3-2-4-6-13)9-14(19)18-11-12-7-8-17-10-12/h2-8,10,17H,9,11H2,1H3,(H,18,19)(H,20,21). The number of aliphatic carboxylic acids is 1. The van der Waals surface area contributed by atoms with E-state index < -0.39 is 11.4 Å². The zero-order chi connectivity index (χ0) is 15.3. The Morgan fingerprint density at radius 2 is 1.95 bits per heavy atom. The number of rotatable bonds is 6. The van der Waals surface area contributed by atoms with Crippen molar-refractivity contribution in [3.8, 4) is 0 Å². The lowest BCUT2D eigenvalue weighted by Crippen LogP contribution is -2.38. The Labute approximate surface area is 123 Å². The minimum atomic E-state index is -1.23. The van der Waals surface area contributed by atoms with Crippen LogP contribution in [0.4, 0.5) is 0 Å². The first kappa shape index (κ1) is 14.8. The molecule has 1 heterocycles. The molecule has 1 amide bonds. The number of hydrogen-bond donors (Lipinski definition) is 3. The molecule has 0 spiro atoms. The van der Waals surface area contributed by atoms with Crippen LogP contribution < -0.4 is 5.32 Å². The van der Waals surface area contributed by atoms with Crippen LogP contribution in [-0.2, 0) is 21.5 Å². The van der Waals surface area contributed by atoms with E-state index in [-0.39, 0.29) is 12.3 Å². The average Bonchev–Trinajstić information content (AvgIpc) is 2.99. The second-order valence-electron chi connectivity index (χ2n) is 5.18. The van der Waals surface area contributed by atoms with Gasteiger partial charge >= 0.3 is 5.97 Å². The van der Waals surface area contributed by atoms with E-state index >= 15 is 0 Å². The Morgan fingerprint density at radius 3 is 2.52 bits per heavy atom. The number of carbonyl (C=O) groups excluding carboxylic acids is 1. The molecule has 0 aliphatic rings. The summed E-state index contributed by atoms with van der Waals surface area (Å²) in [6, 6.07) is 10.7. The van der Waals surface area contributed by atoms with E-state index in [0.29, 0.717) is 12.1 Å². The molecule has 1 aromatic carbocycles. The molecule has 0 aliphatic carbocycles. The molecule has 2 rings (SSSR count). The van der Waals surface area contributed by atoms with Crippen molar-refractivity contribution in [3.63, 3.8) is 0 Å². The van der Waals surface area contributed by atoms with Gasteiger partial charge in [-0.05, 0) is 24.1 Å².